The number of rotatable bonds is 3. The van der Waals surface area contributed by atoms with E-state index in [1.165, 1.54) is 17.7 Å². The summed E-state index contributed by atoms with van der Waals surface area (Å²) < 4.78 is 0. The predicted octanol–water partition coefficient (Wildman–Crippen LogP) is 1.96. The van der Waals surface area contributed by atoms with Crippen molar-refractivity contribution < 1.29 is 4.79 Å². The molecule has 1 aliphatic rings. The van der Waals surface area contributed by atoms with Gasteiger partial charge < -0.3 is 10.2 Å². The lowest BCUT2D eigenvalue weighted by Gasteiger charge is -2.32. The molecule has 110 valence electrons. The number of aryl methyl sites for hydroxylation is 1. The molecule has 0 bridgehead atoms. The van der Waals surface area contributed by atoms with E-state index < -0.39 is 0 Å². The largest absolute Gasteiger partial charge is 0.367 e. The molecule has 0 aliphatic carbocycles. The maximum atomic E-state index is 12.4. The van der Waals surface area contributed by atoms with Crippen molar-refractivity contribution in [3.05, 3.63) is 34.7 Å². The molecule has 1 saturated heterocycles. The number of hydrogen-bond donors (Lipinski definition) is 1. The number of nitrogens with one attached hydrogen (secondary N) is 1. The number of thiazole rings is 1. The van der Waals surface area contributed by atoms with Crippen LogP contribution in [0.3, 0.4) is 0 Å². The monoisotopic (exact) mass is 303 g/mol. The van der Waals surface area contributed by atoms with Gasteiger partial charge in [-0.3, -0.25) is 4.79 Å². The van der Waals surface area contributed by atoms with E-state index in [1.54, 1.807) is 11.7 Å². The summed E-state index contributed by atoms with van der Waals surface area (Å²) in [6, 6.07) is 2.21. The average molecular weight is 303 g/mol. The van der Waals surface area contributed by atoms with E-state index in [2.05, 4.69) is 20.3 Å². The second kappa shape index (κ2) is 6.17. The number of likely N-dealkylation sites (tertiary alicyclic amines) is 1. The van der Waals surface area contributed by atoms with Crippen molar-refractivity contribution in [2.45, 2.75) is 25.8 Å². The first-order valence-electron chi connectivity index (χ1n) is 6.96. The van der Waals surface area contributed by atoms with Gasteiger partial charge >= 0.3 is 0 Å². The summed E-state index contributed by atoms with van der Waals surface area (Å²) in [4.78, 5) is 27.3. The average Bonchev–Trinajstić information content (AvgIpc) is 2.94. The third-order valence-electron chi connectivity index (χ3n) is 3.66. The highest BCUT2D eigenvalue weighted by Gasteiger charge is 2.25. The van der Waals surface area contributed by atoms with Gasteiger partial charge in [0, 0.05) is 25.3 Å². The van der Waals surface area contributed by atoms with Crippen LogP contribution in [0.2, 0.25) is 0 Å². The summed E-state index contributed by atoms with van der Waals surface area (Å²) in [5, 5.41) is 3.39. The molecule has 6 nitrogen and oxygen atoms in total. The number of carbonyl (C=O) groups is 1. The SMILES string of the molecule is Cc1ncsc1C(=O)N1CCC(Nc2ccncn2)CC1. The molecule has 2 aromatic heterocycles. The van der Waals surface area contributed by atoms with Crippen LogP contribution in [-0.2, 0) is 0 Å². The van der Waals surface area contributed by atoms with E-state index in [1.807, 2.05) is 17.9 Å². The lowest BCUT2D eigenvalue weighted by Crippen LogP contribution is -2.42. The third-order valence-corrected chi connectivity index (χ3v) is 4.57. The van der Waals surface area contributed by atoms with Crippen LogP contribution in [0, 0.1) is 6.92 Å². The molecule has 0 spiro atoms. The van der Waals surface area contributed by atoms with Gasteiger partial charge in [0.05, 0.1) is 11.2 Å². The molecule has 1 amide bonds. The molecular weight excluding hydrogens is 286 g/mol. The highest BCUT2D eigenvalue weighted by atomic mass is 32.1. The summed E-state index contributed by atoms with van der Waals surface area (Å²) in [5.74, 6) is 0.948. The fourth-order valence-electron chi connectivity index (χ4n) is 2.46. The summed E-state index contributed by atoms with van der Waals surface area (Å²) in [7, 11) is 0. The molecule has 7 heteroatoms. The summed E-state index contributed by atoms with van der Waals surface area (Å²) in [5.41, 5.74) is 2.55. The Balaban J connectivity index is 1.56. The number of aromatic nitrogens is 3. The van der Waals surface area contributed by atoms with Crippen LogP contribution in [0.25, 0.3) is 0 Å². The Morgan fingerprint density at radius 2 is 2.19 bits per heavy atom. The molecule has 0 aromatic carbocycles. The Hall–Kier alpha value is -2.02. The predicted molar refractivity (Wildman–Crippen MR) is 81.4 cm³/mol. The van der Waals surface area contributed by atoms with Gasteiger partial charge in [0.15, 0.2) is 0 Å². The molecule has 0 atom stereocenters. The third kappa shape index (κ3) is 3.18. The van der Waals surface area contributed by atoms with Gasteiger partial charge in [-0.15, -0.1) is 11.3 Å². The van der Waals surface area contributed by atoms with E-state index in [-0.39, 0.29) is 5.91 Å². The fourth-order valence-corrected chi connectivity index (χ4v) is 3.23. The first-order chi connectivity index (χ1) is 10.2. The van der Waals surface area contributed by atoms with Crippen LogP contribution in [0.15, 0.2) is 24.1 Å². The van der Waals surface area contributed by atoms with Crippen LogP contribution in [0.1, 0.15) is 28.2 Å². The molecule has 1 fully saturated rings. The van der Waals surface area contributed by atoms with Gasteiger partial charge in [-0.2, -0.15) is 0 Å². The Kier molecular flexibility index (Phi) is 4.10. The molecule has 0 radical (unpaired) electrons. The molecule has 3 heterocycles. The van der Waals surface area contributed by atoms with E-state index in [0.717, 1.165) is 42.3 Å². The van der Waals surface area contributed by atoms with Crippen LogP contribution in [0.5, 0.6) is 0 Å². The normalized spacial score (nSPS) is 16.0. The Morgan fingerprint density at radius 3 is 2.81 bits per heavy atom. The number of carbonyl (C=O) groups excluding carboxylic acids is 1. The van der Waals surface area contributed by atoms with E-state index in [9.17, 15) is 4.79 Å². The molecule has 0 saturated carbocycles. The molecule has 1 N–H and O–H groups in total. The van der Waals surface area contributed by atoms with E-state index >= 15 is 0 Å². The van der Waals surface area contributed by atoms with Gasteiger partial charge in [0.1, 0.15) is 17.0 Å². The zero-order valence-corrected chi connectivity index (χ0v) is 12.6. The second-order valence-corrected chi connectivity index (χ2v) is 5.93. The maximum Gasteiger partial charge on any atom is 0.265 e. The molecule has 2 aromatic rings. The highest BCUT2D eigenvalue weighted by Crippen LogP contribution is 2.20. The minimum Gasteiger partial charge on any atom is -0.367 e. The molecule has 0 unspecified atom stereocenters. The van der Waals surface area contributed by atoms with Crippen LogP contribution in [-0.4, -0.2) is 44.9 Å². The lowest BCUT2D eigenvalue weighted by atomic mass is 10.0. The Labute approximate surface area is 127 Å². The van der Waals surface area contributed by atoms with Gasteiger partial charge in [0.25, 0.3) is 5.91 Å². The van der Waals surface area contributed by atoms with Gasteiger partial charge in [-0.1, -0.05) is 0 Å². The zero-order chi connectivity index (χ0) is 14.7. The summed E-state index contributed by atoms with van der Waals surface area (Å²) >= 11 is 1.42. The number of piperidine rings is 1. The number of hydrogen-bond acceptors (Lipinski definition) is 6. The standard InChI is InChI=1S/C14H17N5OS/c1-10-13(21-9-17-10)14(20)19-6-3-11(4-7-19)18-12-2-5-15-8-16-12/h2,5,8-9,11H,3-4,6-7H2,1H3,(H,15,16,18). The molecule has 3 rings (SSSR count). The van der Waals surface area contributed by atoms with Gasteiger partial charge in [0.2, 0.25) is 0 Å². The van der Waals surface area contributed by atoms with Crippen molar-refractivity contribution in [1.29, 1.82) is 0 Å². The number of anilines is 1. The van der Waals surface area contributed by atoms with E-state index in [0.29, 0.717) is 6.04 Å². The van der Waals surface area contributed by atoms with Crippen molar-refractivity contribution in [2.24, 2.45) is 0 Å². The quantitative estimate of drug-likeness (QED) is 0.938. The molecule has 21 heavy (non-hydrogen) atoms. The lowest BCUT2D eigenvalue weighted by molar-refractivity contribution is 0.0722. The first kappa shape index (κ1) is 13.9. The van der Waals surface area contributed by atoms with Gasteiger partial charge in [-0.25, -0.2) is 15.0 Å². The van der Waals surface area contributed by atoms with Crippen molar-refractivity contribution in [3.8, 4) is 0 Å². The highest BCUT2D eigenvalue weighted by molar-refractivity contribution is 7.11. The van der Waals surface area contributed by atoms with Crippen LogP contribution < -0.4 is 5.32 Å². The van der Waals surface area contributed by atoms with E-state index in [4.69, 9.17) is 0 Å². The van der Waals surface area contributed by atoms with Gasteiger partial charge in [-0.05, 0) is 25.8 Å². The molecule has 1 aliphatic heterocycles. The van der Waals surface area contributed by atoms with Crippen LogP contribution in [0.4, 0.5) is 5.82 Å². The van der Waals surface area contributed by atoms with Crippen molar-refractivity contribution in [1.82, 2.24) is 19.9 Å². The summed E-state index contributed by atoms with van der Waals surface area (Å²) in [6.07, 6.45) is 5.11. The van der Waals surface area contributed by atoms with Crippen molar-refractivity contribution in [2.75, 3.05) is 18.4 Å². The maximum absolute atomic E-state index is 12.4. The van der Waals surface area contributed by atoms with Crippen molar-refractivity contribution in [3.63, 3.8) is 0 Å². The second-order valence-electron chi connectivity index (χ2n) is 5.07. The minimum atomic E-state index is 0.107. The van der Waals surface area contributed by atoms with Crippen LogP contribution >= 0.6 is 11.3 Å². The zero-order valence-electron chi connectivity index (χ0n) is 11.8. The molecular formula is C14H17N5OS. The Bertz CT molecular complexity index is 607. The smallest absolute Gasteiger partial charge is 0.265 e. The number of nitrogens with zero attached hydrogens (tertiary/aromatic N) is 4. The van der Waals surface area contributed by atoms with Crippen molar-refractivity contribution >= 4 is 23.1 Å². The topological polar surface area (TPSA) is 71.0 Å². The summed E-state index contributed by atoms with van der Waals surface area (Å²) in [6.45, 7) is 3.41. The number of amides is 1. The first-order valence-corrected chi connectivity index (χ1v) is 7.84. The Morgan fingerprint density at radius 1 is 1.38 bits per heavy atom. The minimum absolute atomic E-state index is 0.107. The fraction of sp³-hybridized carbons (Fsp3) is 0.429.